The van der Waals surface area contributed by atoms with E-state index in [0.29, 0.717) is 27.8 Å². The summed E-state index contributed by atoms with van der Waals surface area (Å²) >= 11 is 1.30. The number of thiophene rings is 1. The number of ketones is 1. The summed E-state index contributed by atoms with van der Waals surface area (Å²) in [5.41, 5.74) is 0.495. The third kappa shape index (κ3) is 4.29. The van der Waals surface area contributed by atoms with Crippen molar-refractivity contribution in [2.24, 2.45) is 0 Å². The smallest absolute Gasteiger partial charge is 0.319 e. The van der Waals surface area contributed by atoms with Crippen LogP contribution in [0.3, 0.4) is 0 Å². The van der Waals surface area contributed by atoms with Crippen LogP contribution in [-0.2, 0) is 6.54 Å². The molecule has 3 aromatic rings. The van der Waals surface area contributed by atoms with Crippen molar-refractivity contribution in [2.75, 3.05) is 19.5 Å². The first kappa shape index (κ1) is 18.5. The minimum absolute atomic E-state index is 0.179. The third-order valence-corrected chi connectivity index (χ3v) is 4.79. The van der Waals surface area contributed by atoms with Crippen LogP contribution in [0.5, 0.6) is 11.5 Å². The Labute approximate surface area is 159 Å². The molecule has 0 unspecified atom stereocenters. The number of carbonyl (C=O) groups is 2. The number of urea groups is 1. The zero-order valence-electron chi connectivity index (χ0n) is 14.8. The maximum atomic E-state index is 12.2. The number of hydrogen-bond acceptors (Lipinski definition) is 6. The molecule has 8 heteroatoms. The molecule has 140 valence electrons. The maximum Gasteiger partial charge on any atom is 0.319 e. The van der Waals surface area contributed by atoms with Crippen molar-refractivity contribution >= 4 is 28.8 Å². The first-order chi connectivity index (χ1) is 13.1. The monoisotopic (exact) mass is 386 g/mol. The van der Waals surface area contributed by atoms with Crippen LogP contribution in [0.4, 0.5) is 10.5 Å². The minimum Gasteiger partial charge on any atom is -0.493 e. The van der Waals surface area contributed by atoms with E-state index in [1.807, 2.05) is 0 Å². The van der Waals surface area contributed by atoms with Crippen LogP contribution in [0.15, 0.2) is 53.1 Å². The van der Waals surface area contributed by atoms with Gasteiger partial charge in [-0.2, -0.15) is 0 Å². The molecule has 0 aliphatic carbocycles. The van der Waals surface area contributed by atoms with E-state index in [9.17, 15) is 9.59 Å². The van der Waals surface area contributed by atoms with Crippen molar-refractivity contribution < 1.29 is 23.5 Å². The number of hydrogen-bond donors (Lipinski definition) is 2. The highest BCUT2D eigenvalue weighted by Gasteiger charge is 2.15. The van der Waals surface area contributed by atoms with Crippen molar-refractivity contribution in [1.82, 2.24) is 5.32 Å². The molecule has 0 saturated carbocycles. The lowest BCUT2D eigenvalue weighted by Gasteiger charge is -2.13. The Morgan fingerprint density at radius 2 is 1.93 bits per heavy atom. The summed E-state index contributed by atoms with van der Waals surface area (Å²) in [5, 5.41) is 5.48. The molecule has 0 atom stereocenters. The topological polar surface area (TPSA) is 89.8 Å². The van der Waals surface area contributed by atoms with Crippen LogP contribution in [0.2, 0.25) is 0 Å². The highest BCUT2D eigenvalue weighted by Crippen LogP contribution is 2.34. The normalized spacial score (nSPS) is 10.3. The second kappa shape index (κ2) is 8.41. The van der Waals surface area contributed by atoms with Crippen molar-refractivity contribution in [2.45, 2.75) is 6.54 Å². The Morgan fingerprint density at radius 1 is 1.07 bits per heavy atom. The van der Waals surface area contributed by atoms with Gasteiger partial charge in [-0.1, -0.05) is 6.07 Å². The Balaban J connectivity index is 1.60. The number of anilines is 1. The minimum atomic E-state index is -0.395. The van der Waals surface area contributed by atoms with E-state index >= 15 is 0 Å². The van der Waals surface area contributed by atoms with Crippen LogP contribution in [0.25, 0.3) is 0 Å². The number of para-hydroxylation sites is 1. The lowest BCUT2D eigenvalue weighted by molar-refractivity contribution is 0.101. The molecule has 2 heterocycles. The Kier molecular flexibility index (Phi) is 5.77. The molecule has 0 spiro atoms. The molecular formula is C19H18N2O5S. The van der Waals surface area contributed by atoms with E-state index in [-0.39, 0.29) is 12.3 Å². The van der Waals surface area contributed by atoms with E-state index in [1.54, 1.807) is 42.5 Å². The number of benzene rings is 1. The van der Waals surface area contributed by atoms with Crippen LogP contribution in [0, 0.1) is 0 Å². The van der Waals surface area contributed by atoms with Gasteiger partial charge in [0, 0.05) is 4.88 Å². The van der Waals surface area contributed by atoms with Gasteiger partial charge in [-0.25, -0.2) is 4.79 Å². The SMILES string of the molecule is COc1cccc(NC(=O)NCc2ccc(C(=O)c3ccco3)s2)c1OC. The maximum absolute atomic E-state index is 12.2. The summed E-state index contributed by atoms with van der Waals surface area (Å²) < 4.78 is 15.6. The van der Waals surface area contributed by atoms with Crippen molar-refractivity contribution in [1.29, 1.82) is 0 Å². The molecule has 2 aromatic heterocycles. The van der Waals surface area contributed by atoms with Gasteiger partial charge in [0.1, 0.15) is 0 Å². The molecule has 3 rings (SSSR count). The quantitative estimate of drug-likeness (QED) is 0.601. The molecule has 0 bridgehead atoms. The zero-order chi connectivity index (χ0) is 19.2. The summed E-state index contributed by atoms with van der Waals surface area (Å²) in [6, 6.07) is 11.6. The fourth-order valence-corrected chi connectivity index (χ4v) is 3.34. The van der Waals surface area contributed by atoms with E-state index in [2.05, 4.69) is 10.6 Å². The molecule has 0 radical (unpaired) electrons. The highest BCUT2D eigenvalue weighted by atomic mass is 32.1. The van der Waals surface area contributed by atoms with E-state index < -0.39 is 6.03 Å². The summed E-state index contributed by atoms with van der Waals surface area (Å²) in [6.45, 7) is 0.286. The Hall–Kier alpha value is -3.26. The number of carbonyl (C=O) groups excluding carboxylic acids is 2. The first-order valence-electron chi connectivity index (χ1n) is 8.05. The van der Waals surface area contributed by atoms with Crippen molar-refractivity contribution in [3.8, 4) is 11.5 Å². The predicted molar refractivity (Wildman–Crippen MR) is 102 cm³/mol. The largest absolute Gasteiger partial charge is 0.493 e. The molecule has 0 fully saturated rings. The molecule has 2 amide bonds. The predicted octanol–water partition coefficient (Wildman–Crippen LogP) is 3.91. The lowest BCUT2D eigenvalue weighted by atomic mass is 10.2. The van der Waals surface area contributed by atoms with Crippen LogP contribution < -0.4 is 20.1 Å². The molecule has 0 saturated heterocycles. The summed E-state index contributed by atoms with van der Waals surface area (Å²) in [6.07, 6.45) is 1.46. The van der Waals surface area contributed by atoms with Gasteiger partial charge in [0.25, 0.3) is 0 Å². The molecule has 0 aliphatic rings. The Morgan fingerprint density at radius 3 is 2.63 bits per heavy atom. The fourth-order valence-electron chi connectivity index (χ4n) is 2.44. The van der Waals surface area contributed by atoms with Gasteiger partial charge in [0.2, 0.25) is 5.78 Å². The Bertz CT molecular complexity index is 933. The number of furan rings is 1. The standard InChI is InChI=1S/C19H18N2O5S/c1-24-15-6-3-5-13(18(15)25-2)21-19(23)20-11-12-8-9-16(27-12)17(22)14-7-4-10-26-14/h3-10H,11H2,1-2H3,(H2,20,21,23). The van der Waals surface area contributed by atoms with Gasteiger partial charge in [0.15, 0.2) is 17.3 Å². The lowest BCUT2D eigenvalue weighted by Crippen LogP contribution is -2.28. The van der Waals surface area contributed by atoms with E-state index in [1.165, 1.54) is 31.8 Å². The second-order valence-corrected chi connectivity index (χ2v) is 6.59. The molecule has 7 nitrogen and oxygen atoms in total. The van der Waals surface area contributed by atoms with Crippen molar-refractivity contribution in [3.05, 3.63) is 64.2 Å². The van der Waals surface area contributed by atoms with Crippen LogP contribution >= 0.6 is 11.3 Å². The van der Waals surface area contributed by atoms with Gasteiger partial charge >= 0.3 is 6.03 Å². The summed E-state index contributed by atoms with van der Waals surface area (Å²) in [5.74, 6) is 1.08. The number of methoxy groups -OCH3 is 2. The number of nitrogens with one attached hydrogen (secondary N) is 2. The summed E-state index contributed by atoms with van der Waals surface area (Å²) in [7, 11) is 3.03. The van der Waals surface area contributed by atoms with Gasteiger partial charge in [-0.05, 0) is 36.4 Å². The first-order valence-corrected chi connectivity index (χ1v) is 8.86. The molecule has 1 aromatic carbocycles. The molecule has 0 aliphatic heterocycles. The van der Waals surface area contributed by atoms with Gasteiger partial charge in [-0.3, -0.25) is 4.79 Å². The number of ether oxygens (including phenoxy) is 2. The molecule has 2 N–H and O–H groups in total. The van der Waals surface area contributed by atoms with Crippen LogP contribution in [0.1, 0.15) is 20.3 Å². The van der Waals surface area contributed by atoms with Gasteiger partial charge < -0.3 is 24.5 Å². The fraction of sp³-hybridized carbons (Fsp3) is 0.158. The van der Waals surface area contributed by atoms with Crippen LogP contribution in [-0.4, -0.2) is 26.0 Å². The highest BCUT2D eigenvalue weighted by molar-refractivity contribution is 7.14. The molecular weight excluding hydrogens is 368 g/mol. The second-order valence-electron chi connectivity index (χ2n) is 5.42. The average Bonchev–Trinajstić information content (AvgIpc) is 3.37. The zero-order valence-corrected chi connectivity index (χ0v) is 15.6. The van der Waals surface area contributed by atoms with E-state index in [0.717, 1.165) is 4.88 Å². The van der Waals surface area contributed by atoms with E-state index in [4.69, 9.17) is 13.9 Å². The third-order valence-electron chi connectivity index (χ3n) is 3.70. The number of amides is 2. The van der Waals surface area contributed by atoms with Crippen molar-refractivity contribution in [3.63, 3.8) is 0 Å². The average molecular weight is 386 g/mol. The number of rotatable bonds is 7. The summed E-state index contributed by atoms with van der Waals surface area (Å²) in [4.78, 5) is 25.8. The molecule has 27 heavy (non-hydrogen) atoms. The van der Waals surface area contributed by atoms with Gasteiger partial charge in [-0.15, -0.1) is 11.3 Å². The van der Waals surface area contributed by atoms with Gasteiger partial charge in [0.05, 0.1) is 37.6 Å².